The number of rotatable bonds is 7. The number of nitrogen functional groups attached to an aromatic ring is 1. The monoisotopic (exact) mass is 482 g/mol. The molecule has 5 N–H and O–H groups in total. The van der Waals surface area contributed by atoms with Crippen molar-refractivity contribution in [1.29, 1.82) is 0 Å². The predicted octanol–water partition coefficient (Wildman–Crippen LogP) is 2.66. The molecule has 0 radical (unpaired) electrons. The average molecular weight is 482 g/mol. The molecule has 1 unspecified atom stereocenters. The van der Waals surface area contributed by atoms with Gasteiger partial charge in [-0.2, -0.15) is 0 Å². The number of nitrogens with zero attached hydrogens (tertiary/aromatic N) is 3. The number of aromatic nitrogens is 3. The lowest BCUT2D eigenvalue weighted by Gasteiger charge is -2.16. The lowest BCUT2D eigenvalue weighted by Crippen LogP contribution is -2.14. The van der Waals surface area contributed by atoms with Crippen LogP contribution in [0, 0.1) is 6.92 Å². The van der Waals surface area contributed by atoms with Crippen molar-refractivity contribution >= 4 is 32.0 Å². The Labute approximate surface area is 183 Å². The van der Waals surface area contributed by atoms with Gasteiger partial charge in [-0.15, -0.1) is 0 Å². The second-order valence-corrected chi connectivity index (χ2v) is 11.9. The molecule has 3 aromatic rings. The van der Waals surface area contributed by atoms with E-state index in [0.29, 0.717) is 24.5 Å². The summed E-state index contributed by atoms with van der Waals surface area (Å²) in [5.41, 5.74) is 9.81. The molecule has 1 aliphatic heterocycles. The number of nitrogens with two attached hydrogens (primary N) is 1. The van der Waals surface area contributed by atoms with Gasteiger partial charge < -0.3 is 34.2 Å². The van der Waals surface area contributed by atoms with Crippen molar-refractivity contribution in [3.63, 3.8) is 0 Å². The molecule has 3 atom stereocenters. The van der Waals surface area contributed by atoms with Gasteiger partial charge in [-0.1, -0.05) is 29.8 Å². The molecule has 11 nitrogen and oxygen atoms in total. The van der Waals surface area contributed by atoms with Crippen molar-refractivity contribution in [3.05, 3.63) is 42.4 Å². The molecule has 0 saturated carbocycles. The summed E-state index contributed by atoms with van der Waals surface area (Å²) in [5.74, 6) is -0.865. The minimum absolute atomic E-state index is 0.139. The first kappa shape index (κ1) is 23.1. The minimum Gasteiger partial charge on any atom is -0.383 e. The molecule has 172 valence electrons. The highest BCUT2D eigenvalue weighted by Crippen LogP contribution is 2.55. The van der Waals surface area contributed by atoms with Crippen molar-refractivity contribution in [1.82, 2.24) is 14.5 Å². The van der Waals surface area contributed by atoms with Gasteiger partial charge in [-0.3, -0.25) is 9.13 Å². The molecule has 4 rings (SSSR count). The zero-order valence-corrected chi connectivity index (χ0v) is 19.0. The highest BCUT2D eigenvalue weighted by atomic mass is 31.2. The standard InChI is InChI=1S/C19H24N4O7P2/c1-12-2-4-13(5-3-12)16-7-23(19-17(16)18(20)21-10-22-19)14-6-15(29-8-14)9-30-32(27,28)11-31(24,25)26/h2-5,7,10,14-15H,6,8-9,11H2,1H3,(H,27,28)(H2,20,21,22)(H2,24,25,26)/t14-,15-/m1/s1. The zero-order valence-electron chi connectivity index (χ0n) is 17.2. The number of anilines is 1. The summed E-state index contributed by atoms with van der Waals surface area (Å²) in [7, 11) is -9.11. The molecule has 32 heavy (non-hydrogen) atoms. The Hall–Kier alpha value is -2.10. The molecule has 13 heteroatoms. The van der Waals surface area contributed by atoms with Crippen LogP contribution >= 0.6 is 15.2 Å². The fraction of sp³-hybridized carbons (Fsp3) is 0.368. The largest absolute Gasteiger partial charge is 0.383 e. The van der Waals surface area contributed by atoms with Crippen LogP contribution < -0.4 is 5.73 Å². The van der Waals surface area contributed by atoms with Gasteiger partial charge in [-0.25, -0.2) is 9.97 Å². The van der Waals surface area contributed by atoms with Gasteiger partial charge in [-0.05, 0) is 18.9 Å². The molecular weight excluding hydrogens is 458 g/mol. The molecule has 1 fully saturated rings. The van der Waals surface area contributed by atoms with E-state index in [1.54, 1.807) is 0 Å². The Morgan fingerprint density at radius 1 is 1.22 bits per heavy atom. The van der Waals surface area contributed by atoms with Crippen molar-refractivity contribution in [2.24, 2.45) is 0 Å². The molecule has 1 saturated heterocycles. The summed E-state index contributed by atoms with van der Waals surface area (Å²) in [5, 5.41) is 0.734. The van der Waals surface area contributed by atoms with E-state index in [0.717, 1.165) is 22.1 Å². The molecular formula is C19H24N4O7P2. The van der Waals surface area contributed by atoms with Crippen LogP contribution in [0.3, 0.4) is 0 Å². The van der Waals surface area contributed by atoms with Gasteiger partial charge in [0.2, 0.25) is 0 Å². The Bertz CT molecular complexity index is 1220. The number of benzene rings is 1. The Morgan fingerprint density at radius 3 is 2.62 bits per heavy atom. The molecule has 3 heterocycles. The van der Waals surface area contributed by atoms with Gasteiger partial charge in [0.05, 0.1) is 30.7 Å². The zero-order chi connectivity index (χ0) is 23.1. The molecule has 0 bridgehead atoms. The third-order valence-corrected chi connectivity index (χ3v) is 8.74. The smallest absolute Gasteiger partial charge is 0.340 e. The molecule has 1 aliphatic rings. The van der Waals surface area contributed by atoms with Crippen LogP contribution in [0.25, 0.3) is 22.2 Å². The maximum absolute atomic E-state index is 11.9. The van der Waals surface area contributed by atoms with Crippen LogP contribution in [-0.2, 0) is 18.4 Å². The van der Waals surface area contributed by atoms with E-state index >= 15 is 0 Å². The number of ether oxygens (including phenoxy) is 1. The van der Waals surface area contributed by atoms with Crippen LogP contribution in [0.15, 0.2) is 36.8 Å². The fourth-order valence-electron chi connectivity index (χ4n) is 3.81. The number of hydrogen-bond acceptors (Lipinski definition) is 7. The summed E-state index contributed by atoms with van der Waals surface area (Å²) in [6.07, 6.45) is 3.28. The summed E-state index contributed by atoms with van der Waals surface area (Å²) in [6.45, 7) is 2.06. The second kappa shape index (κ2) is 8.68. The first-order valence-electron chi connectivity index (χ1n) is 9.83. The topological polar surface area (TPSA) is 170 Å². The van der Waals surface area contributed by atoms with Gasteiger partial charge in [0.1, 0.15) is 17.8 Å². The molecule has 0 aliphatic carbocycles. The average Bonchev–Trinajstić information content (AvgIpc) is 3.31. The van der Waals surface area contributed by atoms with Gasteiger partial charge in [0.25, 0.3) is 0 Å². The quantitative estimate of drug-likeness (QED) is 0.367. The maximum Gasteiger partial charge on any atom is 0.340 e. The van der Waals surface area contributed by atoms with Crippen LogP contribution in [0.1, 0.15) is 18.0 Å². The van der Waals surface area contributed by atoms with Crippen molar-refractivity contribution in [2.45, 2.75) is 25.5 Å². The second-order valence-electron chi connectivity index (χ2n) is 7.86. The van der Waals surface area contributed by atoms with E-state index in [1.807, 2.05) is 42.0 Å². The third kappa shape index (κ3) is 5.10. The number of fused-ring (bicyclic) bond motifs is 1. The number of hydrogen-bond donors (Lipinski definition) is 4. The van der Waals surface area contributed by atoms with Crippen molar-refractivity contribution in [2.75, 3.05) is 24.9 Å². The van der Waals surface area contributed by atoms with Gasteiger partial charge >= 0.3 is 15.2 Å². The highest BCUT2D eigenvalue weighted by Gasteiger charge is 2.34. The first-order valence-corrected chi connectivity index (χ1v) is 13.4. The minimum atomic E-state index is -4.68. The Balaban J connectivity index is 1.56. The predicted molar refractivity (Wildman–Crippen MR) is 118 cm³/mol. The maximum atomic E-state index is 11.9. The lowest BCUT2D eigenvalue weighted by atomic mass is 10.0. The summed E-state index contributed by atoms with van der Waals surface area (Å²) >= 11 is 0. The van der Waals surface area contributed by atoms with E-state index < -0.39 is 27.2 Å². The first-order chi connectivity index (χ1) is 15.0. The van der Waals surface area contributed by atoms with Crippen LogP contribution in [0.5, 0.6) is 0 Å². The summed E-state index contributed by atoms with van der Waals surface area (Å²) in [6, 6.07) is 7.88. The third-order valence-electron chi connectivity index (χ3n) is 5.28. The van der Waals surface area contributed by atoms with Gasteiger partial charge in [0, 0.05) is 11.8 Å². The molecule has 2 aromatic heterocycles. The van der Waals surface area contributed by atoms with Gasteiger partial charge in [0.15, 0.2) is 5.90 Å². The lowest BCUT2D eigenvalue weighted by molar-refractivity contribution is 0.0621. The summed E-state index contributed by atoms with van der Waals surface area (Å²) in [4.78, 5) is 36.0. The van der Waals surface area contributed by atoms with Crippen molar-refractivity contribution in [3.8, 4) is 11.1 Å². The van der Waals surface area contributed by atoms with E-state index in [1.165, 1.54) is 6.33 Å². The van der Waals surface area contributed by atoms with Crippen LogP contribution in [-0.4, -0.2) is 54.4 Å². The fourth-order valence-corrected chi connectivity index (χ4v) is 6.40. The summed E-state index contributed by atoms with van der Waals surface area (Å²) < 4.78 is 35.4. The Morgan fingerprint density at radius 2 is 1.94 bits per heavy atom. The number of aryl methyl sites for hydroxylation is 1. The van der Waals surface area contributed by atoms with Crippen LogP contribution in [0.4, 0.5) is 5.82 Å². The van der Waals surface area contributed by atoms with E-state index in [-0.39, 0.29) is 12.6 Å². The molecule has 1 aromatic carbocycles. The normalized spacial score (nSPS) is 21.1. The van der Waals surface area contributed by atoms with E-state index in [9.17, 15) is 14.0 Å². The Kier molecular flexibility index (Phi) is 6.26. The van der Waals surface area contributed by atoms with E-state index in [2.05, 4.69) is 9.97 Å². The van der Waals surface area contributed by atoms with E-state index in [4.69, 9.17) is 24.8 Å². The molecule has 0 spiro atoms. The van der Waals surface area contributed by atoms with Crippen LogP contribution in [0.2, 0.25) is 0 Å². The highest BCUT2D eigenvalue weighted by molar-refractivity contribution is 7.70. The molecule has 0 amide bonds. The SMILES string of the molecule is Cc1ccc(-c2cn([C@H]3CO[C@@H](COP(=O)(O)CP(=O)(O)O)C3)c3ncnc(N)c23)cc1. The van der Waals surface area contributed by atoms with Crippen molar-refractivity contribution < 1.29 is 33.1 Å².